The summed E-state index contributed by atoms with van der Waals surface area (Å²) >= 11 is 0. The lowest BCUT2D eigenvalue weighted by atomic mass is 9.74. The van der Waals surface area contributed by atoms with E-state index in [1.165, 1.54) is 27.6 Å². The van der Waals surface area contributed by atoms with Gasteiger partial charge < -0.3 is 0 Å². The first kappa shape index (κ1) is 33.6. The molecule has 4 heteroatoms. The second-order valence-electron chi connectivity index (χ2n) is 18.1. The zero-order valence-corrected chi connectivity index (χ0v) is 32.4. The molecule has 0 N–H and O–H groups in total. The van der Waals surface area contributed by atoms with Gasteiger partial charge in [-0.25, -0.2) is 9.97 Å². The summed E-state index contributed by atoms with van der Waals surface area (Å²) in [5.41, 5.74) is 11.1. The van der Waals surface area contributed by atoms with Gasteiger partial charge >= 0.3 is 0 Å². The van der Waals surface area contributed by atoms with Crippen LogP contribution in [0.15, 0.2) is 115 Å². The lowest BCUT2D eigenvalue weighted by Gasteiger charge is -2.29. The second-order valence-corrected chi connectivity index (χ2v) is 18.1. The van der Waals surface area contributed by atoms with Gasteiger partial charge in [-0.15, -0.1) is 0 Å². The van der Waals surface area contributed by atoms with Gasteiger partial charge in [0.05, 0.1) is 21.7 Å². The Morgan fingerprint density at radius 1 is 0.717 bits per heavy atom. The fourth-order valence-corrected chi connectivity index (χ4v) is 8.99. The van der Waals surface area contributed by atoms with E-state index in [0.29, 0.717) is 5.92 Å². The summed E-state index contributed by atoms with van der Waals surface area (Å²) < 4.78 is 4.75. The predicted molar refractivity (Wildman–Crippen MR) is 221 cm³/mol. The van der Waals surface area contributed by atoms with Crippen LogP contribution in [0.25, 0.3) is 51.5 Å². The number of benzene rings is 4. The van der Waals surface area contributed by atoms with Gasteiger partial charge in [0, 0.05) is 28.4 Å². The molecule has 3 aliphatic rings. The van der Waals surface area contributed by atoms with Crippen molar-refractivity contribution in [3.05, 3.63) is 149 Å². The molecule has 4 aromatic carbocycles. The summed E-state index contributed by atoms with van der Waals surface area (Å²) in [5.74, 6) is 2.99. The maximum atomic E-state index is 5.43. The molecule has 0 aliphatic heterocycles. The van der Waals surface area contributed by atoms with Crippen molar-refractivity contribution < 1.29 is 0 Å². The molecule has 53 heavy (non-hydrogen) atoms. The molecule has 3 atom stereocenters. The Morgan fingerprint density at radius 2 is 1.38 bits per heavy atom. The summed E-state index contributed by atoms with van der Waals surface area (Å²) in [7, 11) is 0. The zero-order chi connectivity index (χ0) is 36.9. The van der Waals surface area contributed by atoms with Gasteiger partial charge in [0.2, 0.25) is 0 Å². The number of aromatic nitrogens is 4. The maximum Gasteiger partial charge on any atom is 0.145 e. The Hall–Kier alpha value is -5.22. The molecule has 0 radical (unpaired) electrons. The normalized spacial score (nSPS) is 20.3. The fourth-order valence-electron chi connectivity index (χ4n) is 8.99. The first-order valence-corrected chi connectivity index (χ1v) is 19.3. The number of nitrogens with zero attached hydrogens (tertiary/aromatic N) is 4. The number of hydrogen-bond donors (Lipinski definition) is 0. The van der Waals surface area contributed by atoms with Crippen LogP contribution in [0, 0.1) is 17.3 Å². The molecule has 3 aliphatic carbocycles. The van der Waals surface area contributed by atoms with Crippen LogP contribution in [0.4, 0.5) is 0 Å². The van der Waals surface area contributed by atoms with Gasteiger partial charge in [0.25, 0.3) is 0 Å². The first-order chi connectivity index (χ1) is 25.3. The van der Waals surface area contributed by atoms with Crippen LogP contribution in [0.2, 0.25) is 0 Å². The summed E-state index contributed by atoms with van der Waals surface area (Å²) in [4.78, 5) is 10.8. The van der Waals surface area contributed by atoms with E-state index in [1.54, 1.807) is 0 Å². The van der Waals surface area contributed by atoms with Crippen LogP contribution >= 0.6 is 0 Å². The largest absolute Gasteiger partial charge is 0.293 e. The molecule has 0 fully saturated rings. The van der Waals surface area contributed by atoms with Gasteiger partial charge in [-0.2, -0.15) is 0 Å². The van der Waals surface area contributed by atoms with E-state index in [4.69, 9.17) is 9.97 Å². The highest BCUT2D eigenvalue weighted by Crippen LogP contribution is 2.54. The highest BCUT2D eigenvalue weighted by Gasteiger charge is 2.46. The van der Waals surface area contributed by atoms with Crippen molar-refractivity contribution in [3.8, 4) is 22.8 Å². The Labute approximate surface area is 314 Å². The zero-order valence-electron chi connectivity index (χ0n) is 32.4. The van der Waals surface area contributed by atoms with E-state index in [1.807, 2.05) is 0 Å². The smallest absolute Gasteiger partial charge is 0.145 e. The van der Waals surface area contributed by atoms with Gasteiger partial charge in [0.15, 0.2) is 0 Å². The molecule has 6 aromatic rings. The van der Waals surface area contributed by atoms with Crippen LogP contribution in [0.5, 0.6) is 0 Å². The molecule has 0 bridgehead atoms. The molecule has 0 saturated heterocycles. The minimum absolute atomic E-state index is 0.0904. The van der Waals surface area contributed by atoms with E-state index >= 15 is 0 Å². The molecule has 9 rings (SSSR count). The highest BCUT2D eigenvalue weighted by atomic mass is 15.1. The molecule has 0 saturated carbocycles. The summed E-state index contributed by atoms with van der Waals surface area (Å²) in [6.07, 6.45) is 13.1. The third-order valence-electron chi connectivity index (χ3n) is 12.2. The van der Waals surface area contributed by atoms with E-state index in [0.717, 1.165) is 51.4 Å². The van der Waals surface area contributed by atoms with Gasteiger partial charge in [0.1, 0.15) is 11.6 Å². The molecule has 2 heterocycles. The number of rotatable bonds is 4. The van der Waals surface area contributed by atoms with Gasteiger partial charge in [-0.1, -0.05) is 140 Å². The van der Waals surface area contributed by atoms with Crippen molar-refractivity contribution in [1.29, 1.82) is 0 Å². The number of imidazole rings is 2. The van der Waals surface area contributed by atoms with Crippen LogP contribution in [-0.2, 0) is 10.8 Å². The third kappa shape index (κ3) is 5.48. The lowest BCUT2D eigenvalue weighted by Crippen LogP contribution is -2.38. The number of fused-ring (bicyclic) bond motifs is 5. The van der Waals surface area contributed by atoms with Crippen LogP contribution < -0.4 is 10.7 Å². The van der Waals surface area contributed by atoms with Crippen molar-refractivity contribution in [2.24, 2.45) is 17.3 Å². The Balaban J connectivity index is 1.21. The average Bonchev–Trinajstić information content (AvgIpc) is 3.78. The summed E-state index contributed by atoms with van der Waals surface area (Å²) in [5, 5.41) is 2.23. The number of para-hydroxylation sites is 2. The molecule has 4 nitrogen and oxygen atoms in total. The fraction of sp³-hybridized carbons (Fsp3) is 0.306. The van der Waals surface area contributed by atoms with Crippen molar-refractivity contribution in [2.75, 3.05) is 0 Å². The van der Waals surface area contributed by atoms with Crippen molar-refractivity contribution in [1.82, 2.24) is 19.1 Å². The standard InChI is InChI=1S/C49H50N4/c1-47(2,3)33-23-19-31(20-24-33)45-50-41-27-37-38-28-42-44(30-40(38)49(7,8)39(37)29-43(41)52(45)35-15-11-9-12-16-35)53(36-17-13-10-14-18-36)46(51-42)32-21-25-34(26-22-32)48(4,5)6/h9-25,27-30,34,37,39H,26H2,1-8H3. The Kier molecular flexibility index (Phi) is 7.54. The van der Waals surface area contributed by atoms with Gasteiger partial charge in [-0.3, -0.25) is 9.13 Å². The van der Waals surface area contributed by atoms with Crippen molar-refractivity contribution in [3.63, 3.8) is 0 Å². The summed E-state index contributed by atoms with van der Waals surface area (Å²) in [6, 6.07) is 35.3. The van der Waals surface area contributed by atoms with Crippen LogP contribution in [0.3, 0.4) is 0 Å². The molecule has 0 spiro atoms. The van der Waals surface area contributed by atoms with E-state index in [-0.39, 0.29) is 28.1 Å². The minimum Gasteiger partial charge on any atom is -0.293 e. The molecule has 0 amide bonds. The Morgan fingerprint density at radius 3 is 1.98 bits per heavy atom. The minimum atomic E-state index is -0.113. The monoisotopic (exact) mass is 694 g/mol. The predicted octanol–water partition coefficient (Wildman–Crippen LogP) is 10.4. The Bertz CT molecular complexity index is 2560. The number of allylic oxidation sites excluding steroid dienone is 4. The average molecular weight is 695 g/mol. The van der Waals surface area contributed by atoms with Crippen LogP contribution in [-0.4, -0.2) is 19.1 Å². The maximum absolute atomic E-state index is 5.43. The van der Waals surface area contributed by atoms with E-state index in [9.17, 15) is 0 Å². The first-order valence-electron chi connectivity index (χ1n) is 19.3. The van der Waals surface area contributed by atoms with Crippen LogP contribution in [0.1, 0.15) is 90.2 Å². The second kappa shape index (κ2) is 11.9. The lowest BCUT2D eigenvalue weighted by molar-refractivity contribution is 0.294. The summed E-state index contributed by atoms with van der Waals surface area (Å²) in [6.45, 7) is 18.6. The third-order valence-corrected chi connectivity index (χ3v) is 12.2. The quantitative estimate of drug-likeness (QED) is 0.184. The topological polar surface area (TPSA) is 35.6 Å². The highest BCUT2D eigenvalue weighted by molar-refractivity contribution is 5.87. The van der Waals surface area contributed by atoms with Gasteiger partial charge in [-0.05, 0) is 93.7 Å². The van der Waals surface area contributed by atoms with Crippen molar-refractivity contribution >= 4 is 28.8 Å². The SMILES string of the molecule is CC(C)(C)c1ccc(-c2nc3c(n2-c2ccccc2)=CC2C(C=3)c3cc4nc(C5=CCC(C(C)(C)C)C=C5)n(-c5ccccc5)c4cc3C2(C)C)cc1. The molecular weight excluding hydrogens is 645 g/mol. The van der Waals surface area contributed by atoms with E-state index < -0.39 is 0 Å². The molecule has 266 valence electrons. The van der Waals surface area contributed by atoms with Crippen molar-refractivity contribution in [2.45, 2.75) is 78.6 Å². The molecule has 2 aromatic heterocycles. The molecular formula is C49H50N4. The van der Waals surface area contributed by atoms with E-state index in [2.05, 4.69) is 192 Å². The molecule has 3 unspecified atom stereocenters. The number of hydrogen-bond acceptors (Lipinski definition) is 2.